The molecule has 0 unspecified atom stereocenters. The summed E-state index contributed by atoms with van der Waals surface area (Å²) in [5.74, 6) is 1.53. The predicted molar refractivity (Wildman–Crippen MR) is 77.0 cm³/mol. The summed E-state index contributed by atoms with van der Waals surface area (Å²) in [4.78, 5) is 0. The maximum absolute atomic E-state index is 6.04. The van der Waals surface area contributed by atoms with Gasteiger partial charge in [-0.05, 0) is 44.5 Å². The van der Waals surface area contributed by atoms with Crippen molar-refractivity contribution in [1.29, 1.82) is 0 Å². The molecule has 19 heavy (non-hydrogen) atoms. The molecule has 1 aromatic heterocycles. The normalized spacial score (nSPS) is 10.8. The monoisotopic (exact) mass is 279 g/mol. The van der Waals surface area contributed by atoms with E-state index in [0.717, 1.165) is 34.9 Å². The van der Waals surface area contributed by atoms with Crippen LogP contribution >= 0.6 is 11.6 Å². The summed E-state index contributed by atoms with van der Waals surface area (Å²) in [7, 11) is 1.90. The van der Waals surface area contributed by atoms with Gasteiger partial charge in [-0.3, -0.25) is 4.68 Å². The van der Waals surface area contributed by atoms with Crippen molar-refractivity contribution < 1.29 is 4.74 Å². The first-order chi connectivity index (χ1) is 9.02. The Hall–Kier alpha value is -1.52. The van der Waals surface area contributed by atoms with Crippen molar-refractivity contribution in [1.82, 2.24) is 9.78 Å². The molecule has 0 fully saturated rings. The Balaban J connectivity index is 2.39. The second kappa shape index (κ2) is 5.63. The standard InChI is InChI=1S/C14H18ClN3O/c1-9-14(10(2)18(3)17-9)19-13-8-12(15)5-4-11(13)6-7-16/h4-5,8H,6-7,16H2,1-3H3. The van der Waals surface area contributed by atoms with E-state index in [2.05, 4.69) is 5.10 Å². The van der Waals surface area contributed by atoms with Gasteiger partial charge in [-0.15, -0.1) is 0 Å². The molecule has 2 N–H and O–H groups in total. The molecule has 0 amide bonds. The molecule has 2 rings (SSSR count). The van der Waals surface area contributed by atoms with Gasteiger partial charge in [0, 0.05) is 12.1 Å². The molecule has 0 bridgehead atoms. The summed E-state index contributed by atoms with van der Waals surface area (Å²) in [6.45, 7) is 4.47. The van der Waals surface area contributed by atoms with E-state index in [1.807, 2.05) is 39.1 Å². The SMILES string of the molecule is Cc1nn(C)c(C)c1Oc1cc(Cl)ccc1CCN. The number of aromatic nitrogens is 2. The molecule has 5 heteroatoms. The lowest BCUT2D eigenvalue weighted by atomic mass is 10.1. The van der Waals surface area contributed by atoms with Gasteiger partial charge in [-0.2, -0.15) is 5.10 Å². The first-order valence-corrected chi connectivity index (χ1v) is 6.57. The number of benzene rings is 1. The molecule has 0 atom stereocenters. The third-order valence-corrected chi connectivity index (χ3v) is 3.33. The maximum Gasteiger partial charge on any atom is 0.171 e. The molecule has 4 nitrogen and oxygen atoms in total. The van der Waals surface area contributed by atoms with E-state index in [1.54, 1.807) is 4.68 Å². The van der Waals surface area contributed by atoms with Crippen LogP contribution in [-0.2, 0) is 13.5 Å². The Labute approximate surface area is 118 Å². The first-order valence-electron chi connectivity index (χ1n) is 6.19. The van der Waals surface area contributed by atoms with Crippen molar-refractivity contribution in [2.45, 2.75) is 20.3 Å². The second-order valence-corrected chi connectivity index (χ2v) is 4.95. The van der Waals surface area contributed by atoms with Crippen LogP contribution in [-0.4, -0.2) is 16.3 Å². The summed E-state index contributed by atoms with van der Waals surface area (Å²) in [6.07, 6.45) is 0.755. The number of rotatable bonds is 4. The van der Waals surface area contributed by atoms with E-state index in [-0.39, 0.29) is 0 Å². The van der Waals surface area contributed by atoms with E-state index in [4.69, 9.17) is 22.1 Å². The Kier molecular flexibility index (Phi) is 4.12. The average Bonchev–Trinajstić information content (AvgIpc) is 2.59. The van der Waals surface area contributed by atoms with Crippen molar-refractivity contribution in [2.24, 2.45) is 12.8 Å². The summed E-state index contributed by atoms with van der Waals surface area (Å²) >= 11 is 6.04. The van der Waals surface area contributed by atoms with Crippen LogP contribution in [0.1, 0.15) is 17.0 Å². The Morgan fingerprint density at radius 1 is 1.37 bits per heavy atom. The third-order valence-electron chi connectivity index (χ3n) is 3.10. The second-order valence-electron chi connectivity index (χ2n) is 4.52. The lowest BCUT2D eigenvalue weighted by Gasteiger charge is -2.11. The number of hydrogen-bond acceptors (Lipinski definition) is 3. The van der Waals surface area contributed by atoms with Crippen LogP contribution in [0.25, 0.3) is 0 Å². The van der Waals surface area contributed by atoms with Crippen LogP contribution in [0.4, 0.5) is 0 Å². The third kappa shape index (κ3) is 2.91. The van der Waals surface area contributed by atoms with Gasteiger partial charge < -0.3 is 10.5 Å². The van der Waals surface area contributed by atoms with Gasteiger partial charge >= 0.3 is 0 Å². The van der Waals surface area contributed by atoms with Gasteiger partial charge in [-0.1, -0.05) is 17.7 Å². The molecule has 0 aliphatic heterocycles. The van der Waals surface area contributed by atoms with Crippen molar-refractivity contribution in [3.8, 4) is 11.5 Å². The number of nitrogens with two attached hydrogens (primary N) is 1. The predicted octanol–water partition coefficient (Wildman–Crippen LogP) is 2.98. The molecule has 102 valence electrons. The molecule has 0 aliphatic rings. The number of hydrogen-bond donors (Lipinski definition) is 1. The highest BCUT2D eigenvalue weighted by molar-refractivity contribution is 6.30. The van der Waals surface area contributed by atoms with Crippen molar-refractivity contribution >= 4 is 11.6 Å². The van der Waals surface area contributed by atoms with Gasteiger partial charge in [0.2, 0.25) is 0 Å². The van der Waals surface area contributed by atoms with Crippen molar-refractivity contribution in [3.05, 3.63) is 40.2 Å². The van der Waals surface area contributed by atoms with Gasteiger partial charge in [0.15, 0.2) is 5.75 Å². The largest absolute Gasteiger partial charge is 0.453 e. The van der Waals surface area contributed by atoms with Crippen LogP contribution in [0.2, 0.25) is 5.02 Å². The molecule has 2 aromatic rings. The topological polar surface area (TPSA) is 53.1 Å². The molecule has 0 saturated heterocycles. The zero-order valence-electron chi connectivity index (χ0n) is 11.4. The number of ether oxygens (including phenoxy) is 1. The zero-order valence-corrected chi connectivity index (χ0v) is 12.2. The fraction of sp³-hybridized carbons (Fsp3) is 0.357. The molecule has 1 aromatic carbocycles. The van der Waals surface area contributed by atoms with Crippen LogP contribution in [0.5, 0.6) is 11.5 Å². The van der Waals surface area contributed by atoms with Gasteiger partial charge in [0.05, 0.1) is 5.69 Å². The molecule has 0 spiro atoms. The highest BCUT2D eigenvalue weighted by Crippen LogP contribution is 2.32. The average molecular weight is 280 g/mol. The highest BCUT2D eigenvalue weighted by Gasteiger charge is 2.14. The van der Waals surface area contributed by atoms with Crippen molar-refractivity contribution in [2.75, 3.05) is 6.54 Å². The van der Waals surface area contributed by atoms with Gasteiger partial charge in [0.1, 0.15) is 11.4 Å². The molecule has 0 aliphatic carbocycles. The Morgan fingerprint density at radius 3 is 2.68 bits per heavy atom. The summed E-state index contributed by atoms with van der Waals surface area (Å²) < 4.78 is 7.81. The van der Waals surface area contributed by atoms with E-state index >= 15 is 0 Å². The molecular weight excluding hydrogens is 262 g/mol. The van der Waals surface area contributed by atoms with Gasteiger partial charge in [0.25, 0.3) is 0 Å². The molecular formula is C14H18ClN3O. The Morgan fingerprint density at radius 2 is 2.11 bits per heavy atom. The fourth-order valence-electron chi connectivity index (χ4n) is 2.00. The summed E-state index contributed by atoms with van der Waals surface area (Å²) in [5, 5.41) is 4.99. The minimum atomic E-state index is 0.572. The van der Waals surface area contributed by atoms with E-state index < -0.39 is 0 Å². The lowest BCUT2D eigenvalue weighted by Crippen LogP contribution is -2.04. The van der Waals surface area contributed by atoms with Gasteiger partial charge in [-0.25, -0.2) is 0 Å². The smallest absolute Gasteiger partial charge is 0.171 e. The maximum atomic E-state index is 6.04. The minimum absolute atomic E-state index is 0.572. The highest BCUT2D eigenvalue weighted by atomic mass is 35.5. The number of aryl methyl sites for hydroxylation is 2. The summed E-state index contributed by atoms with van der Waals surface area (Å²) in [6, 6.07) is 5.62. The van der Waals surface area contributed by atoms with Crippen LogP contribution < -0.4 is 10.5 Å². The summed E-state index contributed by atoms with van der Waals surface area (Å²) in [5.41, 5.74) is 8.51. The quantitative estimate of drug-likeness (QED) is 0.936. The molecule has 0 radical (unpaired) electrons. The fourth-order valence-corrected chi connectivity index (χ4v) is 2.16. The zero-order chi connectivity index (χ0) is 14.0. The Bertz CT molecular complexity index is 593. The number of nitrogens with zero attached hydrogens (tertiary/aromatic N) is 2. The van der Waals surface area contributed by atoms with E-state index in [0.29, 0.717) is 11.6 Å². The van der Waals surface area contributed by atoms with Crippen LogP contribution in [0, 0.1) is 13.8 Å². The lowest BCUT2D eigenvalue weighted by molar-refractivity contribution is 0.468. The first kappa shape index (κ1) is 13.9. The van der Waals surface area contributed by atoms with Crippen molar-refractivity contribution in [3.63, 3.8) is 0 Å². The minimum Gasteiger partial charge on any atom is -0.453 e. The van der Waals surface area contributed by atoms with Crippen LogP contribution in [0.15, 0.2) is 18.2 Å². The molecule has 1 heterocycles. The van der Waals surface area contributed by atoms with E-state index in [1.165, 1.54) is 0 Å². The van der Waals surface area contributed by atoms with Crippen LogP contribution in [0.3, 0.4) is 0 Å². The van der Waals surface area contributed by atoms with E-state index in [9.17, 15) is 0 Å². The molecule has 0 saturated carbocycles. The number of halogens is 1.